The second-order valence-corrected chi connectivity index (χ2v) is 5.77. The van der Waals surface area contributed by atoms with Crippen molar-refractivity contribution in [2.75, 3.05) is 0 Å². The van der Waals surface area contributed by atoms with Gasteiger partial charge in [-0.15, -0.1) is 0 Å². The Balaban J connectivity index is -0.000000102. The van der Waals surface area contributed by atoms with E-state index in [1.165, 1.54) is 50.5 Å². The fourth-order valence-corrected chi connectivity index (χ4v) is 1.21. The predicted octanol–water partition coefficient (Wildman–Crippen LogP) is 7.13. The molecule has 0 aromatic rings. The average molecular weight is 309 g/mol. The molecule has 0 heterocycles. The quantitative estimate of drug-likeness (QED) is 0.448. The lowest BCUT2D eigenvalue weighted by atomic mass is 10.1. The minimum absolute atomic E-state index is 0. The molecule has 20 heavy (non-hydrogen) atoms. The molecule has 2 N–H and O–H groups in total. The molecule has 0 bridgehead atoms. The first kappa shape index (κ1) is 28.2. The standard InChI is InChI=1S/C9H20.C5H9Cl.C4H10.H2O/c1-4-5-6-7-8-9(2)3;1-3-5(2)4-6;1-3-4-2;/h9H,4-8H2,1-3H3;4H,3H2,1-2H3;3-4H2,1-2H3;1H2. The van der Waals surface area contributed by atoms with Crippen LogP contribution in [-0.4, -0.2) is 5.48 Å². The maximum Gasteiger partial charge on any atom is 0.00315 e. The largest absolute Gasteiger partial charge is 0.412 e. The fraction of sp³-hybridized carbons (Fsp3) is 0.889. The van der Waals surface area contributed by atoms with Gasteiger partial charge in [-0.3, -0.25) is 0 Å². The predicted molar refractivity (Wildman–Crippen MR) is 97.7 cm³/mol. The molecule has 0 aromatic carbocycles. The van der Waals surface area contributed by atoms with Gasteiger partial charge in [0, 0.05) is 5.54 Å². The van der Waals surface area contributed by atoms with Crippen molar-refractivity contribution in [1.29, 1.82) is 0 Å². The van der Waals surface area contributed by atoms with Crippen molar-refractivity contribution >= 4 is 11.6 Å². The van der Waals surface area contributed by atoms with Crippen LogP contribution in [-0.2, 0) is 0 Å². The number of rotatable bonds is 7. The van der Waals surface area contributed by atoms with E-state index in [0.717, 1.165) is 12.3 Å². The van der Waals surface area contributed by atoms with Crippen LogP contribution in [0.3, 0.4) is 0 Å². The van der Waals surface area contributed by atoms with Gasteiger partial charge in [0.1, 0.15) is 0 Å². The SMILES string of the molecule is CCC(C)=CCl.CCCC.CCCCCCC(C)C.O. The molecule has 0 unspecified atom stereocenters. The summed E-state index contributed by atoms with van der Waals surface area (Å²) in [5.41, 5.74) is 2.84. The molecule has 0 fully saturated rings. The van der Waals surface area contributed by atoms with Crippen molar-refractivity contribution in [3.8, 4) is 0 Å². The summed E-state index contributed by atoms with van der Waals surface area (Å²) in [5.74, 6) is 0.904. The third kappa shape index (κ3) is 43.0. The second-order valence-electron chi connectivity index (χ2n) is 5.55. The third-order valence-electron chi connectivity index (χ3n) is 2.88. The van der Waals surface area contributed by atoms with Crippen LogP contribution < -0.4 is 0 Å². The lowest BCUT2D eigenvalue weighted by Gasteiger charge is -2.01. The Morgan fingerprint density at radius 2 is 1.40 bits per heavy atom. The minimum Gasteiger partial charge on any atom is -0.412 e. The molecule has 0 aromatic heterocycles. The second kappa shape index (κ2) is 27.4. The number of hydrogen-bond acceptors (Lipinski definition) is 0. The average Bonchev–Trinajstić information content (AvgIpc) is 2.43. The van der Waals surface area contributed by atoms with Crippen molar-refractivity contribution < 1.29 is 5.48 Å². The molecule has 0 aliphatic carbocycles. The first-order valence-electron chi connectivity index (χ1n) is 8.25. The Kier molecular flexibility index (Phi) is 38.6. The van der Waals surface area contributed by atoms with Crippen LogP contribution in [0.1, 0.15) is 99.8 Å². The third-order valence-corrected chi connectivity index (χ3v) is 3.25. The van der Waals surface area contributed by atoms with Crippen molar-refractivity contribution in [3.05, 3.63) is 11.1 Å². The van der Waals surface area contributed by atoms with E-state index in [2.05, 4.69) is 41.5 Å². The molecule has 1 nitrogen and oxygen atoms in total. The Morgan fingerprint density at radius 1 is 0.900 bits per heavy atom. The summed E-state index contributed by atoms with van der Waals surface area (Å²) in [6.45, 7) is 15.3. The maximum absolute atomic E-state index is 5.29. The summed E-state index contributed by atoms with van der Waals surface area (Å²) in [6.07, 6.45) is 10.8. The zero-order valence-electron chi connectivity index (χ0n) is 15.2. The Bertz CT molecular complexity index is 163. The molecule has 0 atom stereocenters. The molecule has 0 radical (unpaired) electrons. The van der Waals surface area contributed by atoms with E-state index < -0.39 is 0 Å². The van der Waals surface area contributed by atoms with Crippen LogP contribution in [0.4, 0.5) is 0 Å². The number of unbranched alkanes of at least 4 members (excludes halogenated alkanes) is 4. The normalized spacial score (nSPS) is 9.95. The zero-order chi connectivity index (χ0) is 15.5. The summed E-state index contributed by atoms with van der Waals surface area (Å²) < 4.78 is 0. The Morgan fingerprint density at radius 3 is 1.60 bits per heavy atom. The van der Waals surface area contributed by atoms with Gasteiger partial charge in [0.2, 0.25) is 0 Å². The molecule has 0 amide bonds. The molecule has 0 aliphatic heterocycles. The van der Waals surface area contributed by atoms with Crippen LogP contribution in [0, 0.1) is 5.92 Å². The van der Waals surface area contributed by atoms with Crippen molar-refractivity contribution in [2.45, 2.75) is 99.8 Å². The van der Waals surface area contributed by atoms with E-state index in [9.17, 15) is 0 Å². The van der Waals surface area contributed by atoms with Gasteiger partial charge in [0.25, 0.3) is 0 Å². The van der Waals surface area contributed by atoms with Crippen molar-refractivity contribution in [2.24, 2.45) is 5.92 Å². The topological polar surface area (TPSA) is 31.5 Å². The van der Waals surface area contributed by atoms with E-state index in [1.54, 1.807) is 5.54 Å². The molecule has 0 saturated heterocycles. The van der Waals surface area contributed by atoms with Crippen LogP contribution in [0.25, 0.3) is 0 Å². The fourth-order valence-electron chi connectivity index (χ4n) is 1.06. The highest BCUT2D eigenvalue weighted by molar-refractivity contribution is 6.25. The molecule has 0 spiro atoms. The van der Waals surface area contributed by atoms with Crippen LogP contribution in [0.15, 0.2) is 11.1 Å². The van der Waals surface area contributed by atoms with Gasteiger partial charge < -0.3 is 5.48 Å². The highest BCUT2D eigenvalue weighted by atomic mass is 35.5. The summed E-state index contributed by atoms with van der Waals surface area (Å²) in [5, 5.41) is 0. The molecular weight excluding hydrogens is 268 g/mol. The smallest absolute Gasteiger partial charge is 0.00315 e. The maximum atomic E-state index is 5.29. The summed E-state index contributed by atoms with van der Waals surface area (Å²) in [7, 11) is 0. The van der Waals surface area contributed by atoms with Crippen molar-refractivity contribution in [1.82, 2.24) is 0 Å². The van der Waals surface area contributed by atoms with E-state index in [4.69, 9.17) is 11.6 Å². The number of allylic oxidation sites excluding steroid dienone is 1. The zero-order valence-corrected chi connectivity index (χ0v) is 15.9. The highest BCUT2D eigenvalue weighted by Crippen LogP contribution is 2.08. The van der Waals surface area contributed by atoms with Gasteiger partial charge in [-0.25, -0.2) is 0 Å². The van der Waals surface area contributed by atoms with Gasteiger partial charge in [-0.1, -0.05) is 104 Å². The highest BCUT2D eigenvalue weighted by Gasteiger charge is 1.91. The summed E-state index contributed by atoms with van der Waals surface area (Å²) >= 11 is 5.29. The summed E-state index contributed by atoms with van der Waals surface area (Å²) in [4.78, 5) is 0. The molecular formula is C18H41ClO. The van der Waals surface area contributed by atoms with Crippen LogP contribution in [0.2, 0.25) is 0 Å². The Hall–Kier alpha value is -0.0100. The van der Waals surface area contributed by atoms with Crippen LogP contribution >= 0.6 is 11.6 Å². The lowest BCUT2D eigenvalue weighted by Crippen LogP contribution is -1.86. The lowest BCUT2D eigenvalue weighted by molar-refractivity contribution is 0.525. The van der Waals surface area contributed by atoms with Gasteiger partial charge in [0.05, 0.1) is 0 Å². The van der Waals surface area contributed by atoms with E-state index in [-0.39, 0.29) is 5.48 Å². The molecule has 2 heteroatoms. The minimum atomic E-state index is 0. The van der Waals surface area contributed by atoms with Crippen molar-refractivity contribution in [3.63, 3.8) is 0 Å². The molecule has 0 aliphatic rings. The summed E-state index contributed by atoms with van der Waals surface area (Å²) in [6, 6.07) is 0. The number of hydrogen-bond donors (Lipinski definition) is 0. The van der Waals surface area contributed by atoms with E-state index in [0.29, 0.717) is 0 Å². The first-order valence-corrected chi connectivity index (χ1v) is 8.69. The monoisotopic (exact) mass is 308 g/mol. The van der Waals surface area contributed by atoms with Gasteiger partial charge in [-0.05, 0) is 19.3 Å². The molecule has 0 rings (SSSR count). The van der Waals surface area contributed by atoms with E-state index >= 15 is 0 Å². The van der Waals surface area contributed by atoms with E-state index in [1.807, 2.05) is 6.92 Å². The number of halogens is 1. The Labute approximate surface area is 134 Å². The molecule has 126 valence electrons. The first-order chi connectivity index (χ1) is 8.99. The van der Waals surface area contributed by atoms with Gasteiger partial charge >= 0.3 is 0 Å². The van der Waals surface area contributed by atoms with Gasteiger partial charge in [-0.2, -0.15) is 0 Å². The van der Waals surface area contributed by atoms with Gasteiger partial charge in [0.15, 0.2) is 0 Å². The molecule has 0 saturated carbocycles. The van der Waals surface area contributed by atoms with Crippen LogP contribution in [0.5, 0.6) is 0 Å².